The predicted octanol–water partition coefficient (Wildman–Crippen LogP) is 2.00. The number of aromatic nitrogens is 2. The average molecular weight is 253 g/mol. The van der Waals surface area contributed by atoms with E-state index in [1.54, 1.807) is 6.92 Å². The van der Waals surface area contributed by atoms with Gasteiger partial charge in [-0.2, -0.15) is 13.2 Å². The summed E-state index contributed by atoms with van der Waals surface area (Å²) in [5.41, 5.74) is 0. The number of nitrogens with one attached hydrogen (secondary N) is 1. The van der Waals surface area contributed by atoms with Gasteiger partial charge in [0.15, 0.2) is 0 Å². The Morgan fingerprint density at radius 1 is 1.62 bits per heavy atom. The van der Waals surface area contributed by atoms with Crippen LogP contribution in [0.3, 0.4) is 0 Å². The van der Waals surface area contributed by atoms with Crippen molar-refractivity contribution in [3.63, 3.8) is 0 Å². The molecule has 0 saturated carbocycles. The van der Waals surface area contributed by atoms with E-state index >= 15 is 0 Å². The van der Waals surface area contributed by atoms with Crippen LogP contribution in [0.2, 0.25) is 0 Å². The fourth-order valence-corrected chi connectivity index (χ4v) is 1.52. The lowest BCUT2D eigenvalue weighted by atomic mass is 10.1. The van der Waals surface area contributed by atoms with Gasteiger partial charge in [0.25, 0.3) is 5.91 Å². The van der Waals surface area contributed by atoms with E-state index in [1.807, 2.05) is 0 Å². The number of halogens is 3. The molecule has 1 heterocycles. The highest BCUT2D eigenvalue weighted by Crippen LogP contribution is 2.22. The number of nitrogens with zero attached hydrogens (tertiary/aromatic N) is 2. The molecule has 1 unspecified atom stereocenters. The Morgan fingerprint density at radius 3 is 2.75 bits per heavy atom. The highest BCUT2D eigenvalue weighted by atomic mass is 32.1. The summed E-state index contributed by atoms with van der Waals surface area (Å²) < 4.78 is 39.8. The first-order valence-corrected chi connectivity index (χ1v) is 5.34. The number of carbonyl (C=O) groups is 1. The summed E-state index contributed by atoms with van der Waals surface area (Å²) in [6, 6.07) is -0.908. The Hall–Kier alpha value is -1.18. The van der Waals surface area contributed by atoms with Crippen LogP contribution < -0.4 is 5.32 Å². The van der Waals surface area contributed by atoms with Gasteiger partial charge < -0.3 is 5.32 Å². The maximum Gasteiger partial charge on any atom is 0.391 e. The zero-order valence-corrected chi connectivity index (χ0v) is 9.23. The minimum atomic E-state index is -4.28. The number of hydrogen-bond donors (Lipinski definition) is 1. The lowest BCUT2D eigenvalue weighted by Crippen LogP contribution is -2.37. The van der Waals surface area contributed by atoms with Crippen LogP contribution in [0, 0.1) is 0 Å². The maximum atomic E-state index is 12.1. The van der Waals surface area contributed by atoms with Crippen molar-refractivity contribution in [2.24, 2.45) is 0 Å². The molecule has 0 radical (unpaired) electrons. The van der Waals surface area contributed by atoms with Crippen molar-refractivity contribution in [3.8, 4) is 0 Å². The number of alkyl halides is 3. The molecule has 8 heteroatoms. The molecule has 0 aliphatic carbocycles. The third-order valence-electron chi connectivity index (χ3n) is 1.89. The average Bonchev–Trinajstić information content (AvgIpc) is 2.67. The summed E-state index contributed by atoms with van der Waals surface area (Å²) in [7, 11) is 0. The maximum absolute atomic E-state index is 12.1. The van der Waals surface area contributed by atoms with Crippen molar-refractivity contribution in [3.05, 3.63) is 11.1 Å². The van der Waals surface area contributed by atoms with Crippen LogP contribution >= 0.6 is 11.5 Å². The molecule has 4 nitrogen and oxygen atoms in total. The molecule has 1 amide bonds. The summed E-state index contributed by atoms with van der Waals surface area (Å²) in [5.74, 6) is -0.564. The van der Waals surface area contributed by atoms with E-state index in [-0.39, 0.29) is 11.3 Å². The van der Waals surface area contributed by atoms with Crippen molar-refractivity contribution >= 4 is 17.4 Å². The predicted molar refractivity (Wildman–Crippen MR) is 52.1 cm³/mol. The molecule has 90 valence electrons. The van der Waals surface area contributed by atoms with Crippen LogP contribution in [-0.4, -0.2) is 27.7 Å². The first kappa shape index (κ1) is 12.9. The molecule has 1 aromatic rings. The Bertz CT molecular complexity index is 339. The minimum absolute atomic E-state index is 0.209. The van der Waals surface area contributed by atoms with Gasteiger partial charge in [-0.1, -0.05) is 11.4 Å². The standard InChI is InChI=1S/C8H10F3N3OS/c1-2-5(3-8(9,10)11)13-7(15)6-4-12-14-16-6/h4-5H,2-3H2,1H3,(H,13,15). The van der Waals surface area contributed by atoms with Gasteiger partial charge in [0.1, 0.15) is 4.88 Å². The second-order valence-corrected chi connectivity index (χ2v) is 3.97. The van der Waals surface area contributed by atoms with E-state index in [2.05, 4.69) is 14.9 Å². The number of hydrogen-bond acceptors (Lipinski definition) is 4. The normalized spacial score (nSPS) is 13.5. The zero-order chi connectivity index (χ0) is 12.2. The summed E-state index contributed by atoms with van der Waals surface area (Å²) in [5, 5.41) is 5.73. The van der Waals surface area contributed by atoms with Crippen molar-refractivity contribution < 1.29 is 18.0 Å². The van der Waals surface area contributed by atoms with Crippen LogP contribution in [0.4, 0.5) is 13.2 Å². The molecular formula is C8H10F3N3OS. The van der Waals surface area contributed by atoms with Crippen LogP contribution in [0.15, 0.2) is 6.20 Å². The van der Waals surface area contributed by atoms with E-state index < -0.39 is 24.5 Å². The molecule has 1 aromatic heterocycles. The van der Waals surface area contributed by atoms with Crippen molar-refractivity contribution in [1.82, 2.24) is 14.9 Å². The molecule has 1 rings (SSSR count). The molecule has 0 fully saturated rings. The fourth-order valence-electron chi connectivity index (χ4n) is 1.10. The largest absolute Gasteiger partial charge is 0.391 e. The molecule has 0 saturated heterocycles. The lowest BCUT2D eigenvalue weighted by molar-refractivity contribution is -0.139. The van der Waals surface area contributed by atoms with Gasteiger partial charge in [-0.15, -0.1) is 5.10 Å². The SMILES string of the molecule is CCC(CC(F)(F)F)NC(=O)c1cnns1. The van der Waals surface area contributed by atoms with Gasteiger partial charge in [0.2, 0.25) is 0 Å². The fraction of sp³-hybridized carbons (Fsp3) is 0.625. The van der Waals surface area contributed by atoms with Crippen LogP contribution in [-0.2, 0) is 0 Å². The Morgan fingerprint density at radius 2 is 2.31 bits per heavy atom. The molecular weight excluding hydrogens is 243 g/mol. The topological polar surface area (TPSA) is 54.9 Å². The first-order chi connectivity index (χ1) is 7.42. The summed E-state index contributed by atoms with van der Waals surface area (Å²) >= 11 is 0.847. The van der Waals surface area contributed by atoms with E-state index in [0.717, 1.165) is 11.5 Å². The van der Waals surface area contributed by atoms with Crippen molar-refractivity contribution in [2.45, 2.75) is 32.0 Å². The minimum Gasteiger partial charge on any atom is -0.348 e. The molecule has 0 aromatic carbocycles. The van der Waals surface area contributed by atoms with Gasteiger partial charge >= 0.3 is 6.18 Å². The highest BCUT2D eigenvalue weighted by molar-refractivity contribution is 7.07. The monoisotopic (exact) mass is 253 g/mol. The molecule has 16 heavy (non-hydrogen) atoms. The van der Waals surface area contributed by atoms with Gasteiger partial charge in [-0.3, -0.25) is 4.79 Å². The van der Waals surface area contributed by atoms with Crippen molar-refractivity contribution in [2.75, 3.05) is 0 Å². The van der Waals surface area contributed by atoms with Gasteiger partial charge in [0, 0.05) is 6.04 Å². The lowest BCUT2D eigenvalue weighted by Gasteiger charge is -2.17. The molecule has 0 aliphatic rings. The Kier molecular flexibility index (Phi) is 4.22. The number of amides is 1. The van der Waals surface area contributed by atoms with Gasteiger partial charge in [-0.25, -0.2) is 0 Å². The summed E-state index contributed by atoms with van der Waals surface area (Å²) in [6.07, 6.45) is -3.86. The molecule has 1 atom stereocenters. The molecule has 0 aliphatic heterocycles. The molecule has 0 bridgehead atoms. The van der Waals surface area contributed by atoms with E-state index in [1.165, 1.54) is 6.20 Å². The number of carbonyl (C=O) groups excluding carboxylic acids is 1. The Balaban J connectivity index is 2.54. The van der Waals surface area contributed by atoms with Gasteiger partial charge in [0.05, 0.1) is 12.6 Å². The van der Waals surface area contributed by atoms with E-state index in [9.17, 15) is 18.0 Å². The van der Waals surface area contributed by atoms with E-state index in [4.69, 9.17) is 0 Å². The van der Waals surface area contributed by atoms with E-state index in [0.29, 0.717) is 0 Å². The number of rotatable bonds is 4. The first-order valence-electron chi connectivity index (χ1n) is 4.57. The van der Waals surface area contributed by atoms with Crippen molar-refractivity contribution in [1.29, 1.82) is 0 Å². The van der Waals surface area contributed by atoms with Crippen LogP contribution in [0.5, 0.6) is 0 Å². The second-order valence-electron chi connectivity index (χ2n) is 3.18. The van der Waals surface area contributed by atoms with Crippen LogP contribution in [0.1, 0.15) is 29.4 Å². The molecule has 0 spiro atoms. The smallest absolute Gasteiger partial charge is 0.348 e. The molecule has 1 N–H and O–H groups in total. The third-order valence-corrected chi connectivity index (χ3v) is 2.55. The summed E-state index contributed by atoms with van der Waals surface area (Å²) in [6.45, 7) is 1.58. The zero-order valence-electron chi connectivity index (χ0n) is 8.41. The quantitative estimate of drug-likeness (QED) is 0.892. The van der Waals surface area contributed by atoms with Gasteiger partial charge in [-0.05, 0) is 18.0 Å². The summed E-state index contributed by atoms with van der Waals surface area (Å²) in [4.78, 5) is 11.6. The van der Waals surface area contributed by atoms with Crippen LogP contribution in [0.25, 0.3) is 0 Å². The highest BCUT2D eigenvalue weighted by Gasteiger charge is 2.32. The second kappa shape index (κ2) is 5.24. The Labute approximate surface area is 94.0 Å². The third kappa shape index (κ3) is 4.13.